The second-order valence-electron chi connectivity index (χ2n) is 6.12. The van der Waals surface area contributed by atoms with Gasteiger partial charge in [-0.15, -0.1) is 11.3 Å². The number of nitrogens with zero attached hydrogens (tertiary/aromatic N) is 1. The van der Waals surface area contributed by atoms with Crippen LogP contribution >= 0.6 is 34.7 Å². The Morgan fingerprint density at radius 2 is 1.85 bits per heavy atom. The van der Waals surface area contributed by atoms with Crippen molar-refractivity contribution >= 4 is 46.3 Å². The highest BCUT2D eigenvalue weighted by Gasteiger charge is 2.09. The number of anilines is 1. The number of halogens is 1. The van der Waals surface area contributed by atoms with Gasteiger partial charge in [-0.1, -0.05) is 41.6 Å². The first-order chi connectivity index (χ1) is 12.5. The number of nitrogens with one attached hydrogen (secondary N) is 1. The number of thioether (sulfide) groups is 1. The van der Waals surface area contributed by atoms with Crippen molar-refractivity contribution in [3.8, 4) is 0 Å². The second kappa shape index (κ2) is 8.71. The molecule has 0 atom stereocenters. The van der Waals surface area contributed by atoms with E-state index in [2.05, 4.69) is 16.4 Å². The molecule has 0 bridgehead atoms. The number of aryl methyl sites for hydroxylation is 2. The molecule has 2 aromatic carbocycles. The predicted octanol–water partition coefficient (Wildman–Crippen LogP) is 5.89. The maximum absolute atomic E-state index is 12.3. The van der Waals surface area contributed by atoms with Crippen LogP contribution in [0.25, 0.3) is 0 Å². The molecule has 3 aromatic rings. The van der Waals surface area contributed by atoms with Gasteiger partial charge in [0.15, 0.2) is 0 Å². The number of thiazole rings is 1. The second-order valence-corrected chi connectivity index (χ2v) is 8.64. The molecule has 26 heavy (non-hydrogen) atoms. The molecule has 0 spiro atoms. The third kappa shape index (κ3) is 5.59. The average Bonchev–Trinajstić information content (AvgIpc) is 3.00. The Kier molecular flexibility index (Phi) is 6.35. The molecule has 3 nitrogen and oxygen atoms in total. The summed E-state index contributed by atoms with van der Waals surface area (Å²) < 4.78 is 0.967. The van der Waals surface area contributed by atoms with Crippen molar-refractivity contribution < 1.29 is 4.79 Å². The summed E-state index contributed by atoms with van der Waals surface area (Å²) in [7, 11) is 0. The number of aromatic nitrogens is 1. The van der Waals surface area contributed by atoms with Gasteiger partial charge in [0, 0.05) is 21.8 Å². The Bertz CT molecular complexity index is 886. The first-order valence-corrected chi connectivity index (χ1v) is 10.4. The molecule has 1 amide bonds. The van der Waals surface area contributed by atoms with E-state index in [0.717, 1.165) is 37.6 Å². The highest BCUT2D eigenvalue weighted by atomic mass is 35.5. The maximum atomic E-state index is 12.3. The lowest BCUT2D eigenvalue weighted by atomic mass is 10.1. The lowest BCUT2D eigenvalue weighted by molar-refractivity contribution is -0.115. The van der Waals surface area contributed by atoms with Gasteiger partial charge >= 0.3 is 0 Å². The molecule has 134 valence electrons. The van der Waals surface area contributed by atoms with Gasteiger partial charge in [-0.25, -0.2) is 4.98 Å². The van der Waals surface area contributed by atoms with Crippen LogP contribution in [0.1, 0.15) is 22.4 Å². The number of carbonyl (C=O) groups excluding carboxylic acids is 1. The van der Waals surface area contributed by atoms with Crippen LogP contribution in [0.2, 0.25) is 5.02 Å². The number of hydrogen-bond acceptors (Lipinski definition) is 4. The van der Waals surface area contributed by atoms with Crippen LogP contribution < -0.4 is 5.32 Å². The number of amides is 1. The fraction of sp³-hybridized carbons (Fsp3) is 0.200. The molecule has 3 rings (SSSR count). The number of rotatable bonds is 6. The minimum Gasteiger partial charge on any atom is -0.326 e. The predicted molar refractivity (Wildman–Crippen MR) is 111 cm³/mol. The topological polar surface area (TPSA) is 42.0 Å². The SMILES string of the molecule is Cc1cc(C)cc(NC(=O)Cc2csc(SCc3ccc(Cl)cc3)n2)c1. The van der Waals surface area contributed by atoms with Crippen molar-refractivity contribution in [2.45, 2.75) is 30.4 Å². The maximum Gasteiger partial charge on any atom is 0.230 e. The molecule has 0 unspecified atom stereocenters. The summed E-state index contributed by atoms with van der Waals surface area (Å²) in [6.07, 6.45) is 0.283. The Morgan fingerprint density at radius 3 is 2.54 bits per heavy atom. The van der Waals surface area contributed by atoms with Crippen LogP contribution in [0.5, 0.6) is 0 Å². The van der Waals surface area contributed by atoms with Crippen LogP contribution in [0.3, 0.4) is 0 Å². The van der Waals surface area contributed by atoms with Gasteiger partial charge in [0.05, 0.1) is 12.1 Å². The number of benzene rings is 2. The van der Waals surface area contributed by atoms with Gasteiger partial charge in [-0.2, -0.15) is 0 Å². The molecule has 0 radical (unpaired) electrons. The molecule has 0 saturated carbocycles. The van der Waals surface area contributed by atoms with E-state index < -0.39 is 0 Å². The highest BCUT2D eigenvalue weighted by Crippen LogP contribution is 2.27. The number of carbonyl (C=O) groups is 1. The molecule has 0 aliphatic rings. The largest absolute Gasteiger partial charge is 0.326 e. The first kappa shape index (κ1) is 19.0. The smallest absolute Gasteiger partial charge is 0.230 e. The van der Waals surface area contributed by atoms with E-state index >= 15 is 0 Å². The molecule has 1 heterocycles. The lowest BCUT2D eigenvalue weighted by Crippen LogP contribution is -2.14. The number of hydrogen-bond donors (Lipinski definition) is 1. The summed E-state index contributed by atoms with van der Waals surface area (Å²) in [5.74, 6) is 0.786. The lowest BCUT2D eigenvalue weighted by Gasteiger charge is -2.06. The zero-order chi connectivity index (χ0) is 18.5. The Morgan fingerprint density at radius 1 is 1.15 bits per heavy atom. The fourth-order valence-electron chi connectivity index (χ4n) is 2.58. The zero-order valence-electron chi connectivity index (χ0n) is 14.6. The van der Waals surface area contributed by atoms with Gasteiger partial charge < -0.3 is 5.32 Å². The van der Waals surface area contributed by atoms with Crippen molar-refractivity contribution in [2.24, 2.45) is 0 Å². The van der Waals surface area contributed by atoms with Crippen molar-refractivity contribution in [3.05, 3.63) is 75.3 Å². The summed E-state index contributed by atoms with van der Waals surface area (Å²) in [4.78, 5) is 16.8. The minimum absolute atomic E-state index is 0.0467. The van der Waals surface area contributed by atoms with E-state index in [1.807, 2.05) is 55.6 Å². The molecular weight excluding hydrogens is 384 g/mol. The van der Waals surface area contributed by atoms with Crippen LogP contribution in [0.15, 0.2) is 52.2 Å². The van der Waals surface area contributed by atoms with E-state index in [9.17, 15) is 4.79 Å². The van der Waals surface area contributed by atoms with E-state index in [4.69, 9.17) is 11.6 Å². The molecule has 0 fully saturated rings. The van der Waals surface area contributed by atoms with Crippen LogP contribution in [0, 0.1) is 13.8 Å². The molecule has 0 aliphatic heterocycles. The molecule has 6 heteroatoms. The zero-order valence-corrected chi connectivity index (χ0v) is 17.0. The third-order valence-corrected chi connectivity index (χ3v) is 6.05. The monoisotopic (exact) mass is 402 g/mol. The third-order valence-electron chi connectivity index (χ3n) is 3.65. The van der Waals surface area contributed by atoms with Gasteiger partial charge in [0.1, 0.15) is 4.34 Å². The van der Waals surface area contributed by atoms with Gasteiger partial charge in [-0.05, 0) is 54.8 Å². The quantitative estimate of drug-likeness (QED) is 0.523. The van der Waals surface area contributed by atoms with Crippen molar-refractivity contribution in [1.82, 2.24) is 4.98 Å². The Balaban J connectivity index is 1.54. The summed E-state index contributed by atoms with van der Waals surface area (Å²) in [6, 6.07) is 13.8. The van der Waals surface area contributed by atoms with Crippen molar-refractivity contribution in [3.63, 3.8) is 0 Å². The molecule has 0 saturated heterocycles. The molecule has 1 aromatic heterocycles. The Hall–Kier alpha value is -1.82. The minimum atomic E-state index is -0.0467. The van der Waals surface area contributed by atoms with Gasteiger partial charge in [0.2, 0.25) is 5.91 Å². The summed E-state index contributed by atoms with van der Waals surface area (Å²) in [5.41, 5.74) is 5.10. The standard InChI is InChI=1S/C20H19ClN2OS2/c1-13-7-14(2)9-17(8-13)22-19(24)10-18-12-26-20(23-18)25-11-15-3-5-16(21)6-4-15/h3-9,12H,10-11H2,1-2H3,(H,22,24). The van der Waals surface area contributed by atoms with Gasteiger partial charge in [0.25, 0.3) is 0 Å². The summed E-state index contributed by atoms with van der Waals surface area (Å²) in [6.45, 7) is 4.04. The average molecular weight is 403 g/mol. The molecular formula is C20H19ClN2OS2. The first-order valence-electron chi connectivity index (χ1n) is 8.18. The van der Waals surface area contributed by atoms with Crippen LogP contribution in [0.4, 0.5) is 5.69 Å². The molecule has 1 N–H and O–H groups in total. The highest BCUT2D eigenvalue weighted by molar-refractivity contribution is 8.00. The van der Waals surface area contributed by atoms with Crippen molar-refractivity contribution in [2.75, 3.05) is 5.32 Å². The summed E-state index contributed by atoms with van der Waals surface area (Å²) in [5, 5.41) is 5.64. The van der Waals surface area contributed by atoms with Gasteiger partial charge in [-0.3, -0.25) is 4.79 Å². The van der Waals surface area contributed by atoms with E-state index in [1.54, 1.807) is 23.1 Å². The van der Waals surface area contributed by atoms with Crippen molar-refractivity contribution in [1.29, 1.82) is 0 Å². The van der Waals surface area contributed by atoms with Crippen LogP contribution in [-0.4, -0.2) is 10.9 Å². The van der Waals surface area contributed by atoms with Crippen LogP contribution in [-0.2, 0) is 17.0 Å². The normalized spacial score (nSPS) is 10.7. The summed E-state index contributed by atoms with van der Waals surface area (Å²) >= 11 is 9.14. The fourth-order valence-corrected chi connectivity index (χ4v) is 4.50. The van der Waals surface area contributed by atoms with E-state index in [0.29, 0.717) is 0 Å². The molecule has 0 aliphatic carbocycles. The van der Waals surface area contributed by atoms with E-state index in [1.165, 1.54) is 5.56 Å². The van der Waals surface area contributed by atoms with E-state index in [-0.39, 0.29) is 12.3 Å². The Labute approximate surface area is 166 Å².